The van der Waals surface area contributed by atoms with E-state index in [0.29, 0.717) is 18.4 Å². The SMILES string of the molecule is CC(C(=O)O)c1ccc(CC2CCCC2=O)cc1-c1ccc([N+](=O)[O-])cc1. The third kappa shape index (κ3) is 4.05. The summed E-state index contributed by atoms with van der Waals surface area (Å²) in [6.45, 7) is 1.62. The van der Waals surface area contributed by atoms with Gasteiger partial charge >= 0.3 is 5.97 Å². The van der Waals surface area contributed by atoms with Crippen molar-refractivity contribution in [3.8, 4) is 11.1 Å². The van der Waals surface area contributed by atoms with Gasteiger partial charge in [0.2, 0.25) is 0 Å². The summed E-state index contributed by atoms with van der Waals surface area (Å²) in [7, 11) is 0. The van der Waals surface area contributed by atoms with Crippen LogP contribution in [0.3, 0.4) is 0 Å². The van der Waals surface area contributed by atoms with Crippen molar-refractivity contribution in [3.63, 3.8) is 0 Å². The Kier molecular flexibility index (Phi) is 5.35. The quantitative estimate of drug-likeness (QED) is 0.604. The van der Waals surface area contributed by atoms with E-state index in [1.807, 2.05) is 12.1 Å². The van der Waals surface area contributed by atoms with Crippen LogP contribution in [0.2, 0.25) is 0 Å². The van der Waals surface area contributed by atoms with Gasteiger partial charge in [0.15, 0.2) is 0 Å². The van der Waals surface area contributed by atoms with Crippen LogP contribution in [0.4, 0.5) is 5.69 Å². The Bertz CT molecular complexity index is 888. The molecule has 0 saturated heterocycles. The van der Waals surface area contributed by atoms with Crippen molar-refractivity contribution in [1.29, 1.82) is 0 Å². The van der Waals surface area contributed by atoms with Crippen molar-refractivity contribution < 1.29 is 19.6 Å². The standard InChI is InChI=1S/C21H21NO5/c1-13(21(24)25)18-10-5-14(11-16-3-2-4-20(16)23)12-19(18)15-6-8-17(9-7-15)22(26)27/h5-10,12-13,16H,2-4,11H2,1H3,(H,24,25). The van der Waals surface area contributed by atoms with E-state index in [-0.39, 0.29) is 17.4 Å². The number of aliphatic carboxylic acids is 1. The number of Topliss-reactive ketones (excluding diaryl/α,β-unsaturated/α-hetero) is 1. The highest BCUT2D eigenvalue weighted by molar-refractivity contribution is 5.83. The molecule has 2 aromatic rings. The lowest BCUT2D eigenvalue weighted by atomic mass is 9.87. The third-order valence-electron chi connectivity index (χ3n) is 5.26. The van der Waals surface area contributed by atoms with Crippen LogP contribution < -0.4 is 0 Å². The highest BCUT2D eigenvalue weighted by Crippen LogP contribution is 2.33. The van der Waals surface area contributed by atoms with Crippen LogP contribution in [-0.2, 0) is 16.0 Å². The summed E-state index contributed by atoms with van der Waals surface area (Å²) in [5.74, 6) is -1.33. The van der Waals surface area contributed by atoms with Crippen molar-refractivity contribution in [2.24, 2.45) is 5.92 Å². The minimum absolute atomic E-state index is 0.0145. The molecule has 6 nitrogen and oxygen atoms in total. The van der Waals surface area contributed by atoms with E-state index < -0.39 is 16.8 Å². The number of hydrogen-bond donors (Lipinski definition) is 1. The van der Waals surface area contributed by atoms with Crippen molar-refractivity contribution in [2.45, 2.75) is 38.5 Å². The molecule has 1 saturated carbocycles. The van der Waals surface area contributed by atoms with Gasteiger partial charge in [-0.1, -0.05) is 18.2 Å². The Balaban J connectivity index is 2.01. The average molecular weight is 367 g/mol. The van der Waals surface area contributed by atoms with Gasteiger partial charge in [0, 0.05) is 24.5 Å². The smallest absolute Gasteiger partial charge is 0.310 e. The average Bonchev–Trinajstić information content (AvgIpc) is 3.05. The van der Waals surface area contributed by atoms with Gasteiger partial charge in [0.05, 0.1) is 10.8 Å². The fraction of sp³-hybridized carbons (Fsp3) is 0.333. The number of benzene rings is 2. The zero-order valence-corrected chi connectivity index (χ0v) is 15.1. The molecular weight excluding hydrogens is 346 g/mol. The molecule has 0 radical (unpaired) electrons. The predicted octanol–water partition coefficient (Wildman–Crippen LogP) is 4.36. The third-order valence-corrected chi connectivity index (χ3v) is 5.26. The Labute approximate surface area is 157 Å². The van der Waals surface area contributed by atoms with Crippen LogP contribution in [0.25, 0.3) is 11.1 Å². The Morgan fingerprint density at radius 2 is 1.96 bits per heavy atom. The van der Waals surface area contributed by atoms with Crippen LogP contribution in [0.5, 0.6) is 0 Å². The predicted molar refractivity (Wildman–Crippen MR) is 101 cm³/mol. The Morgan fingerprint density at radius 1 is 1.26 bits per heavy atom. The van der Waals surface area contributed by atoms with E-state index in [2.05, 4.69) is 0 Å². The van der Waals surface area contributed by atoms with Gasteiger partial charge in [-0.25, -0.2) is 0 Å². The summed E-state index contributed by atoms with van der Waals surface area (Å²) >= 11 is 0. The van der Waals surface area contributed by atoms with E-state index in [9.17, 15) is 24.8 Å². The second-order valence-corrected chi connectivity index (χ2v) is 7.05. The monoisotopic (exact) mass is 367 g/mol. The summed E-state index contributed by atoms with van der Waals surface area (Å²) in [5.41, 5.74) is 3.08. The number of nitro groups is 1. The molecule has 0 spiro atoms. The number of carbonyl (C=O) groups excluding carboxylic acids is 1. The molecule has 2 atom stereocenters. The van der Waals surface area contributed by atoms with E-state index in [1.165, 1.54) is 12.1 Å². The lowest BCUT2D eigenvalue weighted by molar-refractivity contribution is -0.384. The largest absolute Gasteiger partial charge is 0.481 e. The van der Waals surface area contributed by atoms with E-state index >= 15 is 0 Å². The first-order chi connectivity index (χ1) is 12.9. The topological polar surface area (TPSA) is 97.5 Å². The van der Waals surface area contributed by atoms with E-state index in [4.69, 9.17) is 0 Å². The maximum atomic E-state index is 12.0. The molecule has 0 aromatic heterocycles. The maximum Gasteiger partial charge on any atom is 0.310 e. The molecule has 140 valence electrons. The fourth-order valence-corrected chi connectivity index (χ4v) is 3.64. The summed E-state index contributed by atoms with van der Waals surface area (Å²) in [4.78, 5) is 33.9. The van der Waals surface area contributed by atoms with E-state index in [1.54, 1.807) is 25.1 Å². The number of ketones is 1. The normalized spacial score (nSPS) is 17.7. The molecule has 1 N–H and O–H groups in total. The fourth-order valence-electron chi connectivity index (χ4n) is 3.64. The molecule has 1 fully saturated rings. The molecule has 0 heterocycles. The van der Waals surface area contributed by atoms with Gasteiger partial charge in [-0.15, -0.1) is 0 Å². The minimum Gasteiger partial charge on any atom is -0.481 e. The Morgan fingerprint density at radius 3 is 2.52 bits per heavy atom. The van der Waals surface area contributed by atoms with Crippen LogP contribution in [-0.4, -0.2) is 21.8 Å². The highest BCUT2D eigenvalue weighted by Gasteiger charge is 2.25. The first kappa shape index (κ1) is 18.8. The second-order valence-electron chi connectivity index (χ2n) is 7.05. The van der Waals surface area contributed by atoms with Crippen molar-refractivity contribution in [1.82, 2.24) is 0 Å². The summed E-state index contributed by atoms with van der Waals surface area (Å²) in [5, 5.41) is 20.3. The number of rotatable bonds is 6. The van der Waals surface area contributed by atoms with Gasteiger partial charge in [0.1, 0.15) is 5.78 Å². The van der Waals surface area contributed by atoms with Gasteiger partial charge < -0.3 is 5.11 Å². The zero-order chi connectivity index (χ0) is 19.6. The van der Waals surface area contributed by atoms with Crippen LogP contribution in [0.1, 0.15) is 43.2 Å². The number of nitrogens with zero attached hydrogens (tertiary/aromatic N) is 1. The van der Waals surface area contributed by atoms with Gasteiger partial charge in [-0.3, -0.25) is 19.7 Å². The molecule has 0 amide bonds. The molecule has 27 heavy (non-hydrogen) atoms. The number of carboxylic acid groups (broad SMARTS) is 1. The summed E-state index contributed by atoms with van der Waals surface area (Å²) in [6.07, 6.45) is 3.08. The van der Waals surface area contributed by atoms with Gasteiger partial charge in [-0.05, 0) is 60.6 Å². The number of carbonyl (C=O) groups is 2. The summed E-state index contributed by atoms with van der Waals surface area (Å²) in [6, 6.07) is 11.7. The molecule has 2 unspecified atom stereocenters. The van der Waals surface area contributed by atoms with Crippen LogP contribution in [0.15, 0.2) is 42.5 Å². The first-order valence-corrected chi connectivity index (χ1v) is 9.00. The molecule has 0 aliphatic heterocycles. The molecule has 2 aromatic carbocycles. The van der Waals surface area contributed by atoms with Gasteiger partial charge in [0.25, 0.3) is 5.69 Å². The van der Waals surface area contributed by atoms with Crippen molar-refractivity contribution in [2.75, 3.05) is 0 Å². The lowest BCUT2D eigenvalue weighted by Gasteiger charge is -2.16. The number of hydrogen-bond acceptors (Lipinski definition) is 4. The summed E-state index contributed by atoms with van der Waals surface area (Å²) < 4.78 is 0. The molecule has 1 aliphatic carbocycles. The molecule has 3 rings (SSSR count). The maximum absolute atomic E-state index is 12.0. The zero-order valence-electron chi connectivity index (χ0n) is 15.1. The highest BCUT2D eigenvalue weighted by atomic mass is 16.6. The Hall–Kier alpha value is -3.02. The molecule has 0 bridgehead atoms. The molecular formula is C21H21NO5. The van der Waals surface area contributed by atoms with E-state index in [0.717, 1.165) is 29.5 Å². The lowest BCUT2D eigenvalue weighted by Crippen LogP contribution is -2.11. The number of non-ortho nitro benzene ring substituents is 1. The first-order valence-electron chi connectivity index (χ1n) is 9.00. The second kappa shape index (κ2) is 7.70. The van der Waals surface area contributed by atoms with Crippen LogP contribution >= 0.6 is 0 Å². The number of nitro benzene ring substituents is 1. The van der Waals surface area contributed by atoms with Crippen molar-refractivity contribution >= 4 is 17.4 Å². The van der Waals surface area contributed by atoms with Crippen molar-refractivity contribution in [3.05, 3.63) is 63.7 Å². The van der Waals surface area contributed by atoms with Gasteiger partial charge in [-0.2, -0.15) is 0 Å². The molecule has 1 aliphatic rings. The number of carboxylic acids is 1. The van der Waals surface area contributed by atoms with Crippen LogP contribution in [0, 0.1) is 16.0 Å². The minimum atomic E-state index is -0.933. The molecule has 6 heteroatoms.